The maximum atomic E-state index is 11.8. The highest BCUT2D eigenvalue weighted by Crippen LogP contribution is 2.22. The lowest BCUT2D eigenvalue weighted by atomic mass is 10.2. The van der Waals surface area contributed by atoms with Gasteiger partial charge in [0.05, 0.1) is 18.4 Å². The zero-order valence-electron chi connectivity index (χ0n) is 10.9. The lowest BCUT2D eigenvalue weighted by molar-refractivity contribution is 0.413. The number of hydrogen-bond donors (Lipinski definition) is 2. The molecule has 1 aromatic heterocycles. The first-order valence-corrected chi connectivity index (χ1v) is 5.65. The molecule has 0 saturated carbocycles. The summed E-state index contributed by atoms with van der Waals surface area (Å²) < 4.78 is 6.14. The number of aromatic amines is 1. The van der Waals surface area contributed by atoms with Crippen LogP contribution in [0.25, 0.3) is 5.69 Å². The zero-order chi connectivity index (χ0) is 14.2. The van der Waals surface area contributed by atoms with Gasteiger partial charge >= 0.3 is 5.69 Å². The van der Waals surface area contributed by atoms with Crippen LogP contribution in [-0.2, 0) is 0 Å². The summed E-state index contributed by atoms with van der Waals surface area (Å²) in [5, 5.41) is 9.98. The Hall–Kier alpha value is -2.50. The van der Waals surface area contributed by atoms with Crippen molar-refractivity contribution in [1.29, 1.82) is 0 Å². The van der Waals surface area contributed by atoms with E-state index in [0.717, 1.165) is 10.1 Å². The molecule has 0 radical (unpaired) electrons. The first-order chi connectivity index (χ1) is 8.95. The van der Waals surface area contributed by atoms with E-state index in [4.69, 9.17) is 4.74 Å². The number of H-pyrrole nitrogens is 1. The van der Waals surface area contributed by atoms with Crippen molar-refractivity contribution >= 4 is 0 Å². The largest absolute Gasteiger partial charge is 0.497 e. The fourth-order valence-electron chi connectivity index (χ4n) is 1.84. The van der Waals surface area contributed by atoms with Crippen molar-refractivity contribution in [2.45, 2.75) is 13.8 Å². The minimum atomic E-state index is -0.679. The minimum absolute atomic E-state index is 0.0924. The van der Waals surface area contributed by atoms with Gasteiger partial charge < -0.3 is 9.84 Å². The number of nitrogens with zero attached hydrogens (tertiary/aromatic N) is 1. The van der Waals surface area contributed by atoms with Gasteiger partial charge in [-0.1, -0.05) is 0 Å². The number of aryl methyl sites for hydroxylation is 1. The van der Waals surface area contributed by atoms with E-state index in [1.165, 1.54) is 6.92 Å². The van der Waals surface area contributed by atoms with Gasteiger partial charge in [0.1, 0.15) is 5.75 Å². The maximum absolute atomic E-state index is 11.8. The number of methoxy groups -OCH3 is 1. The Morgan fingerprint density at radius 2 is 1.95 bits per heavy atom. The molecule has 0 aliphatic heterocycles. The Morgan fingerprint density at radius 1 is 1.26 bits per heavy atom. The highest BCUT2D eigenvalue weighted by molar-refractivity contribution is 5.47. The van der Waals surface area contributed by atoms with Gasteiger partial charge in [0.2, 0.25) is 5.88 Å². The Bertz CT molecular complexity index is 743. The summed E-state index contributed by atoms with van der Waals surface area (Å²) in [7, 11) is 1.54. The normalized spacial score (nSPS) is 10.5. The van der Waals surface area contributed by atoms with Crippen LogP contribution >= 0.6 is 0 Å². The molecule has 2 N–H and O–H groups in total. The number of benzene rings is 1. The Kier molecular flexibility index (Phi) is 3.16. The smallest absolute Gasteiger partial charge is 0.335 e. The number of hydrogen-bond acceptors (Lipinski definition) is 4. The summed E-state index contributed by atoms with van der Waals surface area (Å²) in [6.07, 6.45) is 0. The molecular formula is C13H14N2O4. The summed E-state index contributed by atoms with van der Waals surface area (Å²) in [6.45, 7) is 3.23. The van der Waals surface area contributed by atoms with E-state index in [1.54, 1.807) is 32.2 Å². The molecule has 0 aliphatic carbocycles. The number of aromatic nitrogens is 2. The Labute approximate surface area is 108 Å². The van der Waals surface area contributed by atoms with Crippen LogP contribution in [0, 0.1) is 13.8 Å². The van der Waals surface area contributed by atoms with Crippen LogP contribution in [0.4, 0.5) is 0 Å². The first-order valence-electron chi connectivity index (χ1n) is 5.65. The number of nitrogens with one attached hydrogen (secondary N) is 1. The Morgan fingerprint density at radius 3 is 2.53 bits per heavy atom. The third-order valence-electron chi connectivity index (χ3n) is 2.96. The molecule has 0 unspecified atom stereocenters. The van der Waals surface area contributed by atoms with E-state index in [0.29, 0.717) is 11.4 Å². The maximum Gasteiger partial charge on any atom is 0.335 e. The molecule has 0 aliphatic rings. The summed E-state index contributed by atoms with van der Waals surface area (Å²) >= 11 is 0. The van der Waals surface area contributed by atoms with Crippen LogP contribution < -0.4 is 16.0 Å². The average Bonchev–Trinajstić information content (AvgIpc) is 2.38. The van der Waals surface area contributed by atoms with Gasteiger partial charge in [-0.2, -0.15) is 0 Å². The minimum Gasteiger partial charge on any atom is -0.497 e. The second kappa shape index (κ2) is 4.64. The second-order valence-corrected chi connectivity index (χ2v) is 4.20. The van der Waals surface area contributed by atoms with Gasteiger partial charge in [0.15, 0.2) is 0 Å². The fourth-order valence-corrected chi connectivity index (χ4v) is 1.84. The van der Waals surface area contributed by atoms with Gasteiger partial charge in [-0.05, 0) is 37.6 Å². The fraction of sp³-hybridized carbons (Fsp3) is 0.231. The third-order valence-corrected chi connectivity index (χ3v) is 2.96. The lowest BCUT2D eigenvalue weighted by Crippen LogP contribution is -2.30. The van der Waals surface area contributed by atoms with Crippen LogP contribution in [0.5, 0.6) is 11.6 Å². The summed E-state index contributed by atoms with van der Waals surface area (Å²) in [5.74, 6) is 0.289. The van der Waals surface area contributed by atoms with Crippen LogP contribution in [0.15, 0.2) is 27.8 Å². The number of ether oxygens (including phenoxy) is 1. The molecule has 2 rings (SSSR count). The standard InChI is InChI=1S/C13H14N2O4/c1-7-6-9(19-3)4-5-10(7)15-12(17)8(2)11(16)14-13(15)18/h4-6,17H,1-3H3,(H,14,16,18). The summed E-state index contributed by atoms with van der Waals surface area (Å²) in [6, 6.07) is 5.06. The molecular weight excluding hydrogens is 248 g/mol. The van der Waals surface area contributed by atoms with Crippen LogP contribution in [0.2, 0.25) is 0 Å². The number of aromatic hydroxyl groups is 1. The summed E-state index contributed by atoms with van der Waals surface area (Å²) in [4.78, 5) is 25.4. The van der Waals surface area contributed by atoms with Crippen molar-refractivity contribution in [3.8, 4) is 17.3 Å². The van der Waals surface area contributed by atoms with Crippen molar-refractivity contribution in [2.24, 2.45) is 0 Å². The second-order valence-electron chi connectivity index (χ2n) is 4.20. The van der Waals surface area contributed by atoms with E-state index in [2.05, 4.69) is 4.98 Å². The predicted octanol–water partition coefficient (Wildman–Crippen LogP) is 0.857. The molecule has 0 spiro atoms. The quantitative estimate of drug-likeness (QED) is 0.840. The van der Waals surface area contributed by atoms with E-state index < -0.39 is 11.2 Å². The molecule has 6 nitrogen and oxygen atoms in total. The van der Waals surface area contributed by atoms with Crippen molar-refractivity contribution in [3.63, 3.8) is 0 Å². The third kappa shape index (κ3) is 2.12. The van der Waals surface area contributed by atoms with E-state index in [1.807, 2.05) is 0 Å². The zero-order valence-corrected chi connectivity index (χ0v) is 10.9. The van der Waals surface area contributed by atoms with E-state index in [-0.39, 0.29) is 11.4 Å². The van der Waals surface area contributed by atoms with Crippen LogP contribution in [0.1, 0.15) is 11.1 Å². The highest BCUT2D eigenvalue weighted by atomic mass is 16.5. The molecule has 2 aromatic rings. The molecule has 1 heterocycles. The predicted molar refractivity (Wildman–Crippen MR) is 70.4 cm³/mol. The Balaban J connectivity index is 2.76. The van der Waals surface area contributed by atoms with E-state index in [9.17, 15) is 14.7 Å². The van der Waals surface area contributed by atoms with Gasteiger partial charge in [-0.3, -0.25) is 9.78 Å². The van der Waals surface area contributed by atoms with Crippen molar-refractivity contribution in [2.75, 3.05) is 7.11 Å². The molecule has 19 heavy (non-hydrogen) atoms. The molecule has 0 saturated heterocycles. The average molecular weight is 262 g/mol. The van der Waals surface area contributed by atoms with Gasteiger partial charge in [0, 0.05) is 0 Å². The highest BCUT2D eigenvalue weighted by Gasteiger charge is 2.13. The molecule has 0 atom stereocenters. The van der Waals surface area contributed by atoms with Crippen molar-refractivity contribution in [3.05, 3.63) is 50.2 Å². The van der Waals surface area contributed by atoms with E-state index >= 15 is 0 Å². The molecule has 100 valence electrons. The lowest BCUT2D eigenvalue weighted by Gasteiger charge is -2.12. The molecule has 1 aromatic carbocycles. The summed E-state index contributed by atoms with van der Waals surface area (Å²) in [5.41, 5.74) is 0.0481. The molecule has 0 amide bonds. The SMILES string of the molecule is COc1ccc(-n2c(O)c(C)c(=O)[nH]c2=O)c(C)c1. The van der Waals surface area contributed by atoms with Crippen LogP contribution in [0.3, 0.4) is 0 Å². The number of rotatable bonds is 2. The first kappa shape index (κ1) is 12.9. The monoisotopic (exact) mass is 262 g/mol. The molecule has 6 heteroatoms. The van der Waals surface area contributed by atoms with Crippen molar-refractivity contribution < 1.29 is 9.84 Å². The van der Waals surface area contributed by atoms with Gasteiger partial charge in [-0.25, -0.2) is 9.36 Å². The van der Waals surface area contributed by atoms with Gasteiger partial charge in [-0.15, -0.1) is 0 Å². The molecule has 0 fully saturated rings. The molecule has 0 bridgehead atoms. The van der Waals surface area contributed by atoms with Gasteiger partial charge in [0.25, 0.3) is 5.56 Å². The van der Waals surface area contributed by atoms with Crippen LogP contribution in [-0.4, -0.2) is 21.8 Å². The topological polar surface area (TPSA) is 84.3 Å². The van der Waals surface area contributed by atoms with Crippen molar-refractivity contribution in [1.82, 2.24) is 9.55 Å².